The molecule has 0 aromatic rings. The molecule has 0 aliphatic heterocycles. The first-order valence-electron chi connectivity index (χ1n) is 4.81. The third-order valence-electron chi connectivity index (χ3n) is 1.52. The largest absolute Gasteiger partial charge is 0.327 e. The molecule has 0 spiro atoms. The van der Waals surface area contributed by atoms with Crippen LogP contribution in [0.4, 0.5) is 4.39 Å². The lowest BCUT2D eigenvalue weighted by atomic mass is 10.2. The minimum atomic E-state index is -4.45. The molecule has 0 aromatic heterocycles. The van der Waals surface area contributed by atoms with Gasteiger partial charge in [-0.15, -0.1) is 6.58 Å². The molecular formula is C9H20FNO3S. The van der Waals surface area contributed by atoms with Gasteiger partial charge in [0.15, 0.2) is 0 Å². The zero-order valence-corrected chi connectivity index (χ0v) is 9.84. The first kappa shape index (κ1) is 17.0. The summed E-state index contributed by atoms with van der Waals surface area (Å²) in [6.07, 6.45) is 3.73. The van der Waals surface area contributed by atoms with E-state index in [4.69, 9.17) is 10.3 Å². The summed E-state index contributed by atoms with van der Waals surface area (Å²) in [5.41, 5.74) is 2.81. The number of halogens is 1. The van der Waals surface area contributed by atoms with Crippen LogP contribution in [0, 0.1) is 0 Å². The molecule has 0 saturated heterocycles. The summed E-state index contributed by atoms with van der Waals surface area (Å²) in [5, 5.41) is 0. The van der Waals surface area contributed by atoms with Crippen LogP contribution in [0.15, 0.2) is 12.7 Å². The topological polar surface area (TPSA) is 80.4 Å². The van der Waals surface area contributed by atoms with Gasteiger partial charge in [-0.1, -0.05) is 25.8 Å². The lowest BCUT2D eigenvalue weighted by molar-refractivity contribution is 0.351. The maximum absolute atomic E-state index is 12.4. The summed E-state index contributed by atoms with van der Waals surface area (Å²) in [6.45, 7) is 5.87. The van der Waals surface area contributed by atoms with Gasteiger partial charge >= 0.3 is 0 Å². The Morgan fingerprint density at radius 2 is 2.00 bits per heavy atom. The van der Waals surface area contributed by atoms with E-state index in [9.17, 15) is 12.8 Å². The Hall–Kier alpha value is -0.460. The molecule has 0 aliphatic rings. The van der Waals surface area contributed by atoms with E-state index in [2.05, 4.69) is 6.58 Å². The van der Waals surface area contributed by atoms with Gasteiger partial charge in [0.05, 0.1) is 0 Å². The molecule has 0 saturated carbocycles. The summed E-state index contributed by atoms with van der Waals surface area (Å²) in [6, 6.07) is 0. The van der Waals surface area contributed by atoms with Gasteiger partial charge in [-0.05, 0) is 12.8 Å². The number of rotatable bonds is 6. The second-order valence-electron chi connectivity index (χ2n) is 2.95. The molecular weight excluding hydrogens is 221 g/mol. The highest BCUT2D eigenvalue weighted by atomic mass is 32.2. The zero-order chi connectivity index (χ0) is 12.3. The predicted octanol–water partition coefficient (Wildman–Crippen LogP) is 1.88. The molecule has 0 aromatic carbocycles. The molecule has 15 heavy (non-hydrogen) atoms. The van der Waals surface area contributed by atoms with Gasteiger partial charge < -0.3 is 5.73 Å². The van der Waals surface area contributed by atoms with E-state index in [0.29, 0.717) is 13.0 Å². The molecule has 0 radical (unpaired) electrons. The van der Waals surface area contributed by atoms with Gasteiger partial charge in [-0.3, -0.25) is 4.55 Å². The third kappa shape index (κ3) is 13.5. The molecule has 0 rings (SSSR count). The van der Waals surface area contributed by atoms with Crippen LogP contribution in [-0.2, 0) is 10.1 Å². The minimum absolute atomic E-state index is 0.104. The number of nitrogens with two attached hydrogens (primary N) is 1. The van der Waals surface area contributed by atoms with E-state index in [1.54, 1.807) is 6.08 Å². The fraction of sp³-hybridized carbons (Fsp3) is 0.778. The summed E-state index contributed by atoms with van der Waals surface area (Å²) in [4.78, 5) is 0. The van der Waals surface area contributed by atoms with Gasteiger partial charge in [0.1, 0.15) is 0 Å². The van der Waals surface area contributed by atoms with Crippen molar-refractivity contribution in [3.05, 3.63) is 12.7 Å². The molecule has 1 unspecified atom stereocenters. The lowest BCUT2D eigenvalue weighted by Crippen LogP contribution is -2.14. The van der Waals surface area contributed by atoms with Gasteiger partial charge in [0, 0.05) is 6.54 Å². The number of alkyl halides is 1. The third-order valence-corrected chi connectivity index (χ3v) is 2.41. The summed E-state index contributed by atoms with van der Waals surface area (Å²) in [7, 11) is -4.45. The van der Waals surface area contributed by atoms with E-state index in [1.807, 2.05) is 6.92 Å². The van der Waals surface area contributed by atoms with Crippen LogP contribution in [0.25, 0.3) is 0 Å². The summed E-state index contributed by atoms with van der Waals surface area (Å²) >= 11 is 0. The van der Waals surface area contributed by atoms with Crippen LogP contribution in [0.1, 0.15) is 32.6 Å². The van der Waals surface area contributed by atoms with Crippen molar-refractivity contribution in [3.8, 4) is 0 Å². The Kier molecular flexibility index (Phi) is 11.4. The minimum Gasteiger partial charge on any atom is -0.327 e. The highest BCUT2D eigenvalue weighted by Gasteiger charge is 2.20. The van der Waals surface area contributed by atoms with Crippen LogP contribution in [-0.4, -0.2) is 25.0 Å². The lowest BCUT2D eigenvalue weighted by Gasteiger charge is -2.02. The smallest absolute Gasteiger partial charge is 0.297 e. The van der Waals surface area contributed by atoms with Crippen molar-refractivity contribution >= 4 is 10.1 Å². The van der Waals surface area contributed by atoms with Gasteiger partial charge in [0.25, 0.3) is 10.1 Å². The number of hydrogen-bond donors (Lipinski definition) is 2. The Morgan fingerprint density at radius 1 is 1.53 bits per heavy atom. The van der Waals surface area contributed by atoms with Crippen LogP contribution >= 0.6 is 0 Å². The van der Waals surface area contributed by atoms with Crippen LogP contribution < -0.4 is 5.73 Å². The molecule has 0 heterocycles. The van der Waals surface area contributed by atoms with Crippen molar-refractivity contribution in [1.29, 1.82) is 0 Å². The van der Waals surface area contributed by atoms with Crippen molar-refractivity contribution in [1.82, 2.24) is 0 Å². The Balaban J connectivity index is 0. The molecule has 0 bridgehead atoms. The standard InChI is InChI=1S/C6H13FO3S.C3H7N/c1-2-3-4-5-6(7)11(8,9)10;1-2-3-4/h6H,2-5H2,1H3,(H,8,9,10);2H,1,3-4H2. The first-order chi connectivity index (χ1) is 6.90. The molecule has 4 nitrogen and oxygen atoms in total. The van der Waals surface area contributed by atoms with E-state index in [1.165, 1.54) is 0 Å². The normalized spacial score (nSPS) is 12.5. The van der Waals surface area contributed by atoms with Gasteiger partial charge in [0.2, 0.25) is 5.50 Å². The van der Waals surface area contributed by atoms with E-state index in [0.717, 1.165) is 12.8 Å². The maximum Gasteiger partial charge on any atom is 0.297 e. The molecule has 1 atom stereocenters. The molecule has 92 valence electrons. The van der Waals surface area contributed by atoms with Crippen molar-refractivity contribution in [3.63, 3.8) is 0 Å². The predicted molar refractivity (Wildman–Crippen MR) is 59.8 cm³/mol. The first-order valence-corrected chi connectivity index (χ1v) is 6.31. The van der Waals surface area contributed by atoms with Crippen molar-refractivity contribution in [2.24, 2.45) is 5.73 Å². The number of unbranched alkanes of at least 4 members (excludes halogenated alkanes) is 2. The maximum atomic E-state index is 12.4. The Labute approximate surface area is 91.1 Å². The summed E-state index contributed by atoms with van der Waals surface area (Å²) < 4.78 is 40.8. The van der Waals surface area contributed by atoms with Crippen molar-refractivity contribution < 1.29 is 17.4 Å². The highest BCUT2D eigenvalue weighted by molar-refractivity contribution is 7.86. The van der Waals surface area contributed by atoms with E-state index >= 15 is 0 Å². The van der Waals surface area contributed by atoms with Crippen LogP contribution in [0.3, 0.4) is 0 Å². The fourth-order valence-corrected chi connectivity index (χ4v) is 1.17. The molecule has 0 fully saturated rings. The monoisotopic (exact) mass is 241 g/mol. The fourth-order valence-electron chi connectivity index (χ4n) is 0.704. The average molecular weight is 241 g/mol. The second kappa shape index (κ2) is 10.1. The highest BCUT2D eigenvalue weighted by Crippen LogP contribution is 2.10. The van der Waals surface area contributed by atoms with E-state index in [-0.39, 0.29) is 6.42 Å². The van der Waals surface area contributed by atoms with Crippen LogP contribution in [0.5, 0.6) is 0 Å². The average Bonchev–Trinajstić information content (AvgIpc) is 2.17. The van der Waals surface area contributed by atoms with Gasteiger partial charge in [-0.2, -0.15) is 8.42 Å². The molecule has 6 heteroatoms. The van der Waals surface area contributed by atoms with E-state index < -0.39 is 15.6 Å². The second-order valence-corrected chi connectivity index (χ2v) is 4.49. The quantitative estimate of drug-likeness (QED) is 0.422. The Morgan fingerprint density at radius 3 is 2.27 bits per heavy atom. The Bertz CT molecular complexity index is 242. The van der Waals surface area contributed by atoms with Gasteiger partial charge in [-0.25, -0.2) is 4.39 Å². The molecule has 0 aliphatic carbocycles. The zero-order valence-electron chi connectivity index (χ0n) is 9.02. The molecule has 3 N–H and O–H groups in total. The van der Waals surface area contributed by atoms with Crippen molar-refractivity contribution in [2.45, 2.75) is 38.1 Å². The summed E-state index contributed by atoms with van der Waals surface area (Å²) in [5.74, 6) is 0. The molecule has 0 amide bonds. The number of hydrogen-bond acceptors (Lipinski definition) is 3. The SMILES string of the molecule is C=CCN.CCCCCC(F)S(=O)(=O)O. The van der Waals surface area contributed by atoms with Crippen molar-refractivity contribution in [2.75, 3.05) is 6.54 Å². The van der Waals surface area contributed by atoms with Crippen LogP contribution in [0.2, 0.25) is 0 Å².